The van der Waals surface area contributed by atoms with Gasteiger partial charge in [0, 0.05) is 13.1 Å². The van der Waals surface area contributed by atoms with E-state index in [2.05, 4.69) is 44.3 Å². The highest BCUT2D eigenvalue weighted by Gasteiger charge is 2.07. The third kappa shape index (κ3) is 5.70. The molecule has 2 rings (SSSR count). The molecular formula is C20H27NO2. The Morgan fingerprint density at radius 3 is 2.48 bits per heavy atom. The highest BCUT2D eigenvalue weighted by molar-refractivity contribution is 5.36. The predicted octanol–water partition coefficient (Wildman–Crippen LogP) is 3.65. The molecule has 2 aromatic rings. The maximum atomic E-state index is 10.0. The third-order valence-corrected chi connectivity index (χ3v) is 3.86. The average molecular weight is 313 g/mol. The summed E-state index contributed by atoms with van der Waals surface area (Å²) in [6, 6.07) is 16.3. The Labute approximate surface area is 139 Å². The molecule has 0 heterocycles. The summed E-state index contributed by atoms with van der Waals surface area (Å²) in [6.45, 7) is 8.02. The van der Waals surface area contributed by atoms with Gasteiger partial charge in [-0.05, 0) is 41.7 Å². The van der Waals surface area contributed by atoms with Crippen molar-refractivity contribution in [2.24, 2.45) is 0 Å². The standard InChI is InChI=1S/C20H27NO2/c1-15(2)20-10-9-19(11-16(20)3)23-14-18(22)13-21-12-17-7-5-4-6-8-17/h4-11,15,18,21-22H,12-14H2,1-3H3. The van der Waals surface area contributed by atoms with Crippen molar-refractivity contribution in [3.63, 3.8) is 0 Å². The van der Waals surface area contributed by atoms with Crippen molar-refractivity contribution in [2.75, 3.05) is 13.2 Å². The van der Waals surface area contributed by atoms with E-state index < -0.39 is 6.10 Å². The zero-order valence-electron chi connectivity index (χ0n) is 14.3. The van der Waals surface area contributed by atoms with Crippen molar-refractivity contribution in [3.05, 3.63) is 65.2 Å². The van der Waals surface area contributed by atoms with Gasteiger partial charge in [0.05, 0.1) is 0 Å². The van der Waals surface area contributed by atoms with Crippen LogP contribution in [0, 0.1) is 6.92 Å². The second-order valence-electron chi connectivity index (χ2n) is 6.25. The van der Waals surface area contributed by atoms with E-state index in [4.69, 9.17) is 4.74 Å². The average Bonchev–Trinajstić information content (AvgIpc) is 2.53. The highest BCUT2D eigenvalue weighted by Crippen LogP contribution is 2.23. The number of aliphatic hydroxyl groups is 1. The van der Waals surface area contributed by atoms with Crippen LogP contribution in [0.15, 0.2) is 48.5 Å². The molecule has 0 saturated carbocycles. The van der Waals surface area contributed by atoms with Crippen molar-refractivity contribution in [1.29, 1.82) is 0 Å². The molecule has 1 unspecified atom stereocenters. The van der Waals surface area contributed by atoms with Crippen LogP contribution in [0.25, 0.3) is 0 Å². The van der Waals surface area contributed by atoms with Gasteiger partial charge in [-0.3, -0.25) is 0 Å². The third-order valence-electron chi connectivity index (χ3n) is 3.86. The molecule has 0 bridgehead atoms. The molecule has 0 aromatic heterocycles. The van der Waals surface area contributed by atoms with Gasteiger partial charge in [0.1, 0.15) is 18.5 Å². The van der Waals surface area contributed by atoms with Gasteiger partial charge in [-0.2, -0.15) is 0 Å². The Kier molecular flexibility index (Phi) is 6.63. The largest absolute Gasteiger partial charge is 0.491 e. The first-order valence-electron chi connectivity index (χ1n) is 8.22. The van der Waals surface area contributed by atoms with Crippen LogP contribution in [0.5, 0.6) is 5.75 Å². The number of hydrogen-bond acceptors (Lipinski definition) is 3. The quantitative estimate of drug-likeness (QED) is 0.781. The Hall–Kier alpha value is -1.84. The van der Waals surface area contributed by atoms with Gasteiger partial charge in [-0.25, -0.2) is 0 Å². The minimum absolute atomic E-state index is 0.294. The number of aryl methyl sites for hydroxylation is 1. The number of hydrogen-bond donors (Lipinski definition) is 2. The van der Waals surface area contributed by atoms with E-state index in [0.29, 0.717) is 19.1 Å². The fourth-order valence-electron chi connectivity index (χ4n) is 2.62. The van der Waals surface area contributed by atoms with Crippen molar-refractivity contribution >= 4 is 0 Å². The second kappa shape index (κ2) is 8.70. The van der Waals surface area contributed by atoms with Crippen LogP contribution in [-0.2, 0) is 6.54 Å². The van der Waals surface area contributed by atoms with Crippen LogP contribution in [0.3, 0.4) is 0 Å². The molecule has 3 heteroatoms. The summed E-state index contributed by atoms with van der Waals surface area (Å²) in [5.74, 6) is 1.32. The van der Waals surface area contributed by atoms with Crippen LogP contribution < -0.4 is 10.1 Å². The zero-order valence-corrected chi connectivity index (χ0v) is 14.3. The summed E-state index contributed by atoms with van der Waals surface area (Å²) < 4.78 is 5.70. The lowest BCUT2D eigenvalue weighted by atomic mass is 9.98. The number of rotatable bonds is 8. The minimum Gasteiger partial charge on any atom is -0.491 e. The molecule has 2 N–H and O–H groups in total. The Morgan fingerprint density at radius 2 is 1.83 bits per heavy atom. The molecule has 23 heavy (non-hydrogen) atoms. The molecule has 2 aromatic carbocycles. The maximum Gasteiger partial charge on any atom is 0.119 e. The topological polar surface area (TPSA) is 41.5 Å². The SMILES string of the molecule is Cc1cc(OCC(O)CNCc2ccccc2)ccc1C(C)C. The predicted molar refractivity (Wildman–Crippen MR) is 94.9 cm³/mol. The van der Waals surface area contributed by atoms with E-state index in [1.54, 1.807) is 0 Å². The number of benzene rings is 2. The van der Waals surface area contributed by atoms with Gasteiger partial charge in [0.25, 0.3) is 0 Å². The van der Waals surface area contributed by atoms with Crippen LogP contribution in [-0.4, -0.2) is 24.4 Å². The van der Waals surface area contributed by atoms with E-state index in [-0.39, 0.29) is 0 Å². The lowest BCUT2D eigenvalue weighted by Crippen LogP contribution is -2.31. The van der Waals surface area contributed by atoms with Crippen LogP contribution >= 0.6 is 0 Å². The normalized spacial score (nSPS) is 12.4. The van der Waals surface area contributed by atoms with Gasteiger partial charge >= 0.3 is 0 Å². The number of nitrogens with one attached hydrogen (secondary N) is 1. The summed E-state index contributed by atoms with van der Waals surface area (Å²) in [4.78, 5) is 0. The lowest BCUT2D eigenvalue weighted by Gasteiger charge is -2.15. The van der Waals surface area contributed by atoms with Gasteiger partial charge in [0.2, 0.25) is 0 Å². The molecule has 124 valence electrons. The second-order valence-corrected chi connectivity index (χ2v) is 6.25. The molecular weight excluding hydrogens is 286 g/mol. The molecule has 0 aliphatic carbocycles. The Bertz CT molecular complexity index is 596. The van der Waals surface area contributed by atoms with Crippen molar-refractivity contribution in [1.82, 2.24) is 5.32 Å². The molecule has 0 fully saturated rings. The van der Waals surface area contributed by atoms with E-state index in [0.717, 1.165) is 12.3 Å². The fourth-order valence-corrected chi connectivity index (χ4v) is 2.62. The van der Waals surface area contributed by atoms with Gasteiger partial charge in [-0.1, -0.05) is 50.2 Å². The van der Waals surface area contributed by atoms with Gasteiger partial charge in [0.15, 0.2) is 0 Å². The van der Waals surface area contributed by atoms with Crippen LogP contribution in [0.1, 0.15) is 36.5 Å². The van der Waals surface area contributed by atoms with Crippen molar-refractivity contribution in [2.45, 2.75) is 39.3 Å². The van der Waals surface area contributed by atoms with Crippen LogP contribution in [0.2, 0.25) is 0 Å². The van der Waals surface area contributed by atoms with E-state index in [1.807, 2.05) is 30.3 Å². The first-order chi connectivity index (χ1) is 11.1. The monoisotopic (exact) mass is 313 g/mol. The molecule has 0 saturated heterocycles. The molecule has 1 atom stereocenters. The van der Waals surface area contributed by atoms with Gasteiger partial charge < -0.3 is 15.2 Å². The van der Waals surface area contributed by atoms with Gasteiger partial charge in [-0.15, -0.1) is 0 Å². The first-order valence-corrected chi connectivity index (χ1v) is 8.22. The molecule has 0 radical (unpaired) electrons. The van der Waals surface area contributed by atoms with E-state index >= 15 is 0 Å². The Balaban J connectivity index is 1.74. The van der Waals surface area contributed by atoms with Crippen molar-refractivity contribution < 1.29 is 9.84 Å². The zero-order chi connectivity index (χ0) is 16.7. The molecule has 0 aliphatic rings. The molecule has 0 aliphatic heterocycles. The smallest absolute Gasteiger partial charge is 0.119 e. The summed E-state index contributed by atoms with van der Waals surface area (Å²) in [5, 5.41) is 13.3. The fraction of sp³-hybridized carbons (Fsp3) is 0.400. The van der Waals surface area contributed by atoms with E-state index in [1.165, 1.54) is 16.7 Å². The maximum absolute atomic E-state index is 10.0. The van der Waals surface area contributed by atoms with E-state index in [9.17, 15) is 5.11 Å². The summed E-state index contributed by atoms with van der Waals surface area (Å²) in [6.07, 6.45) is -0.524. The summed E-state index contributed by atoms with van der Waals surface area (Å²) in [5.41, 5.74) is 3.78. The molecule has 0 amide bonds. The first kappa shape index (κ1) is 17.5. The van der Waals surface area contributed by atoms with Crippen molar-refractivity contribution in [3.8, 4) is 5.75 Å². The molecule has 0 spiro atoms. The lowest BCUT2D eigenvalue weighted by molar-refractivity contribution is 0.106. The van der Waals surface area contributed by atoms with Crippen LogP contribution in [0.4, 0.5) is 0 Å². The highest BCUT2D eigenvalue weighted by atomic mass is 16.5. The summed E-state index contributed by atoms with van der Waals surface area (Å²) in [7, 11) is 0. The minimum atomic E-state index is -0.524. The molecule has 3 nitrogen and oxygen atoms in total. The number of aliphatic hydroxyl groups excluding tert-OH is 1. The Morgan fingerprint density at radius 1 is 1.09 bits per heavy atom. The number of ether oxygens (including phenoxy) is 1. The summed E-state index contributed by atoms with van der Waals surface area (Å²) >= 11 is 0.